The largest absolute Gasteiger partial charge is 0.435 e. The van der Waals surface area contributed by atoms with Crippen molar-refractivity contribution in [1.82, 2.24) is 14.8 Å². The van der Waals surface area contributed by atoms with Crippen molar-refractivity contribution in [2.45, 2.75) is 25.9 Å². The highest BCUT2D eigenvalue weighted by atomic mass is 19.4. The van der Waals surface area contributed by atoms with Crippen LogP contribution in [-0.2, 0) is 26.1 Å². The van der Waals surface area contributed by atoms with Crippen molar-refractivity contribution < 1.29 is 18.0 Å². The van der Waals surface area contributed by atoms with Crippen LogP contribution >= 0.6 is 0 Å². The molecule has 0 N–H and O–H groups in total. The minimum absolute atomic E-state index is 0.00967. The van der Waals surface area contributed by atoms with E-state index in [-0.39, 0.29) is 11.5 Å². The summed E-state index contributed by atoms with van der Waals surface area (Å²) in [5.74, 6) is -0.234. The van der Waals surface area contributed by atoms with E-state index in [2.05, 4.69) is 10.1 Å². The quantitative estimate of drug-likeness (QED) is 0.419. The summed E-state index contributed by atoms with van der Waals surface area (Å²) in [6.07, 6.45) is -1.98. The van der Waals surface area contributed by atoms with Crippen LogP contribution in [-0.4, -0.2) is 27.2 Å². The highest BCUT2D eigenvalue weighted by Crippen LogP contribution is 2.40. The molecule has 4 aromatic rings. The number of nitrogens with zero attached hydrogens (tertiary/aromatic N) is 4. The molecule has 33 heavy (non-hydrogen) atoms. The van der Waals surface area contributed by atoms with Crippen molar-refractivity contribution in [1.29, 1.82) is 0 Å². The van der Waals surface area contributed by atoms with Crippen molar-refractivity contribution >= 4 is 22.5 Å². The zero-order valence-corrected chi connectivity index (χ0v) is 18.1. The Balaban J connectivity index is 1.60. The van der Waals surface area contributed by atoms with Gasteiger partial charge in [0.2, 0.25) is 0 Å². The van der Waals surface area contributed by atoms with Gasteiger partial charge in [-0.1, -0.05) is 25.1 Å². The molecule has 0 radical (unpaired) electrons. The van der Waals surface area contributed by atoms with Gasteiger partial charge in [-0.25, -0.2) is 0 Å². The number of benzene rings is 2. The predicted molar refractivity (Wildman–Crippen MR) is 120 cm³/mol. The van der Waals surface area contributed by atoms with E-state index < -0.39 is 11.9 Å². The predicted octanol–water partition coefficient (Wildman–Crippen LogP) is 5.42. The molecule has 0 fully saturated rings. The first-order valence-corrected chi connectivity index (χ1v) is 10.7. The van der Waals surface area contributed by atoms with Crippen LogP contribution in [0.4, 0.5) is 18.9 Å². The number of fused-ring (bicyclic) bond motifs is 2. The molecule has 0 bridgehead atoms. The van der Waals surface area contributed by atoms with Gasteiger partial charge in [-0.15, -0.1) is 0 Å². The molecule has 1 aliphatic rings. The highest BCUT2D eigenvalue weighted by Gasteiger charge is 2.38. The lowest BCUT2D eigenvalue weighted by Crippen LogP contribution is -2.38. The van der Waals surface area contributed by atoms with E-state index in [1.54, 1.807) is 23.1 Å². The molecular formula is C25H21F3N4O. The summed E-state index contributed by atoms with van der Waals surface area (Å²) in [6.45, 7) is 2.40. The first-order chi connectivity index (χ1) is 15.8. The zero-order chi connectivity index (χ0) is 23.3. The van der Waals surface area contributed by atoms with Crippen LogP contribution in [0, 0.1) is 0 Å². The summed E-state index contributed by atoms with van der Waals surface area (Å²) in [5, 5.41) is 4.50. The normalized spacial score (nSPS) is 14.1. The number of carbonyl (C=O) groups excluding carboxylic acids is 1. The monoisotopic (exact) mass is 450 g/mol. The molecule has 0 atom stereocenters. The van der Waals surface area contributed by atoms with Gasteiger partial charge in [0.15, 0.2) is 5.69 Å². The first-order valence-electron chi connectivity index (χ1n) is 10.7. The maximum Gasteiger partial charge on any atom is 0.435 e. The summed E-state index contributed by atoms with van der Waals surface area (Å²) in [6, 6.07) is 14.5. The number of rotatable bonds is 3. The second-order valence-electron chi connectivity index (χ2n) is 8.10. The average Bonchev–Trinajstić information content (AvgIpc) is 3.20. The summed E-state index contributed by atoms with van der Waals surface area (Å²) < 4.78 is 41.9. The van der Waals surface area contributed by atoms with E-state index >= 15 is 0 Å². The smallest absolute Gasteiger partial charge is 0.307 e. The summed E-state index contributed by atoms with van der Waals surface area (Å²) in [5.41, 5.74) is 2.99. The molecule has 8 heteroatoms. The fourth-order valence-electron chi connectivity index (χ4n) is 4.52. The lowest BCUT2D eigenvalue weighted by atomic mass is 9.90. The number of aryl methyl sites for hydroxylation is 2. The molecule has 0 spiro atoms. The number of hydrogen-bond donors (Lipinski definition) is 0. The zero-order valence-electron chi connectivity index (χ0n) is 18.1. The Kier molecular flexibility index (Phi) is 4.96. The second kappa shape index (κ2) is 7.72. The summed E-state index contributed by atoms with van der Waals surface area (Å²) in [4.78, 5) is 19.9. The molecule has 0 saturated heterocycles. The highest BCUT2D eigenvalue weighted by molar-refractivity contribution is 6.12. The van der Waals surface area contributed by atoms with Crippen LogP contribution in [0.3, 0.4) is 0 Å². The van der Waals surface area contributed by atoms with Gasteiger partial charge in [-0.2, -0.15) is 18.3 Å². The van der Waals surface area contributed by atoms with Gasteiger partial charge in [0.25, 0.3) is 5.91 Å². The second-order valence-corrected chi connectivity index (χ2v) is 8.10. The van der Waals surface area contributed by atoms with E-state index in [1.807, 2.05) is 37.3 Å². The Labute approximate surface area is 188 Å². The number of alkyl halides is 3. The molecule has 3 heterocycles. The van der Waals surface area contributed by atoms with E-state index in [9.17, 15) is 18.0 Å². The van der Waals surface area contributed by atoms with E-state index in [0.29, 0.717) is 29.7 Å². The maximum atomic E-state index is 13.6. The molecule has 2 aromatic carbocycles. The lowest BCUT2D eigenvalue weighted by Gasteiger charge is -2.30. The molecule has 1 amide bonds. The number of anilines is 1. The van der Waals surface area contributed by atoms with Crippen LogP contribution < -0.4 is 4.90 Å². The first kappa shape index (κ1) is 21.2. The Morgan fingerprint density at radius 2 is 1.76 bits per heavy atom. The average molecular weight is 450 g/mol. The molecule has 0 unspecified atom stereocenters. The van der Waals surface area contributed by atoms with Gasteiger partial charge in [0.1, 0.15) is 0 Å². The minimum atomic E-state index is -4.59. The van der Waals surface area contributed by atoms with Gasteiger partial charge < -0.3 is 4.90 Å². The van der Waals surface area contributed by atoms with E-state index in [0.717, 1.165) is 33.4 Å². The Morgan fingerprint density at radius 3 is 2.52 bits per heavy atom. The molecule has 5 rings (SSSR count). The van der Waals surface area contributed by atoms with Crippen LogP contribution in [0.5, 0.6) is 0 Å². The fraction of sp³-hybridized carbons (Fsp3) is 0.240. The number of halogens is 3. The topological polar surface area (TPSA) is 51.0 Å². The number of carbonyl (C=O) groups is 1. The lowest BCUT2D eigenvalue weighted by molar-refractivity contribution is -0.140. The van der Waals surface area contributed by atoms with Crippen molar-refractivity contribution in [3.05, 3.63) is 77.2 Å². The third-order valence-corrected chi connectivity index (χ3v) is 6.04. The summed E-state index contributed by atoms with van der Waals surface area (Å²) in [7, 11) is 1.46. The SMILES string of the molecule is CCc1ccc2c(N3CCc4c(cccc4-c4cn(C)nc4C(F)(F)F)C3=O)cccc2n1. The third-order valence-electron chi connectivity index (χ3n) is 6.04. The molecule has 168 valence electrons. The van der Waals surface area contributed by atoms with Gasteiger partial charge in [0, 0.05) is 42.0 Å². The van der Waals surface area contributed by atoms with Gasteiger partial charge in [-0.3, -0.25) is 14.5 Å². The number of aromatic nitrogens is 3. The van der Waals surface area contributed by atoms with Gasteiger partial charge in [0.05, 0.1) is 11.2 Å². The fourth-order valence-corrected chi connectivity index (χ4v) is 4.52. The molecule has 5 nitrogen and oxygen atoms in total. The Morgan fingerprint density at radius 1 is 1.00 bits per heavy atom. The molecule has 0 saturated carbocycles. The Hall–Kier alpha value is -3.68. The maximum absolute atomic E-state index is 13.6. The van der Waals surface area contributed by atoms with E-state index in [4.69, 9.17) is 0 Å². The van der Waals surface area contributed by atoms with Gasteiger partial charge in [-0.05, 0) is 54.3 Å². The third kappa shape index (κ3) is 3.55. The molecular weight excluding hydrogens is 429 g/mol. The van der Waals surface area contributed by atoms with Crippen LogP contribution in [0.15, 0.2) is 54.7 Å². The Bertz CT molecular complexity index is 1390. The van der Waals surface area contributed by atoms with Crippen molar-refractivity contribution in [2.75, 3.05) is 11.4 Å². The van der Waals surface area contributed by atoms with Crippen LogP contribution in [0.25, 0.3) is 22.0 Å². The minimum Gasteiger partial charge on any atom is -0.307 e. The van der Waals surface area contributed by atoms with Gasteiger partial charge >= 0.3 is 6.18 Å². The molecule has 2 aromatic heterocycles. The van der Waals surface area contributed by atoms with Crippen LogP contribution in [0.2, 0.25) is 0 Å². The van der Waals surface area contributed by atoms with Crippen LogP contribution in [0.1, 0.15) is 34.2 Å². The number of amides is 1. The molecule has 1 aliphatic heterocycles. The van der Waals surface area contributed by atoms with Crippen molar-refractivity contribution in [2.24, 2.45) is 7.05 Å². The number of pyridine rings is 1. The standard InChI is InChI=1S/C25H21F3N4O/c1-3-15-10-11-19-21(29-15)8-5-9-22(19)32-13-12-17-16(6-4-7-18(17)24(32)33)20-14-31(2)30-23(20)25(26,27)28/h4-11,14H,3,12-13H2,1-2H3. The summed E-state index contributed by atoms with van der Waals surface area (Å²) >= 11 is 0. The van der Waals surface area contributed by atoms with Crippen molar-refractivity contribution in [3.63, 3.8) is 0 Å². The van der Waals surface area contributed by atoms with E-state index in [1.165, 1.54) is 13.2 Å². The van der Waals surface area contributed by atoms with Crippen molar-refractivity contribution in [3.8, 4) is 11.1 Å². The number of hydrogen-bond acceptors (Lipinski definition) is 3. The molecule has 0 aliphatic carbocycles.